The molecule has 0 aliphatic heterocycles. The molecule has 19 heavy (non-hydrogen) atoms. The minimum atomic E-state index is 0.374. The number of rotatable bonds is 5. The standard InChI is InChI=1S/C16H27N3/c1-4-5-19-16(15-11-17-6-7-18-15)14-9-12(2)8-13(3)10-14/h6-7,11-14,16,19H,4-5,8-10H2,1-3H3. The van der Waals surface area contributed by atoms with Gasteiger partial charge in [-0.15, -0.1) is 0 Å². The van der Waals surface area contributed by atoms with Gasteiger partial charge in [-0.1, -0.05) is 20.8 Å². The maximum Gasteiger partial charge on any atom is 0.0758 e. The number of hydrogen-bond donors (Lipinski definition) is 1. The fraction of sp³-hybridized carbons (Fsp3) is 0.750. The molecule has 1 saturated carbocycles. The van der Waals surface area contributed by atoms with Crippen LogP contribution in [0, 0.1) is 17.8 Å². The first kappa shape index (κ1) is 14.4. The van der Waals surface area contributed by atoms with E-state index in [1.807, 2.05) is 12.4 Å². The van der Waals surface area contributed by atoms with Crippen LogP contribution < -0.4 is 5.32 Å². The molecule has 1 aromatic rings. The molecule has 0 saturated heterocycles. The van der Waals surface area contributed by atoms with Crippen LogP contribution in [0.25, 0.3) is 0 Å². The average molecular weight is 261 g/mol. The van der Waals surface area contributed by atoms with Gasteiger partial charge in [-0.2, -0.15) is 0 Å². The Hall–Kier alpha value is -0.960. The lowest BCUT2D eigenvalue weighted by atomic mass is 9.73. The molecule has 1 aromatic heterocycles. The lowest BCUT2D eigenvalue weighted by Crippen LogP contribution is -2.34. The summed E-state index contributed by atoms with van der Waals surface area (Å²) in [6, 6.07) is 0.374. The second-order valence-electron chi connectivity index (χ2n) is 6.24. The van der Waals surface area contributed by atoms with E-state index >= 15 is 0 Å². The predicted molar refractivity (Wildman–Crippen MR) is 78.7 cm³/mol. The second kappa shape index (κ2) is 6.99. The van der Waals surface area contributed by atoms with Crippen molar-refractivity contribution in [1.29, 1.82) is 0 Å². The number of nitrogens with zero attached hydrogens (tertiary/aromatic N) is 2. The van der Waals surface area contributed by atoms with E-state index in [4.69, 9.17) is 0 Å². The molecule has 0 bridgehead atoms. The molecule has 3 heteroatoms. The topological polar surface area (TPSA) is 37.8 Å². The SMILES string of the molecule is CCCNC(c1cnccn1)C1CC(C)CC(C)C1. The first-order valence-corrected chi connectivity index (χ1v) is 7.70. The molecule has 1 N–H and O–H groups in total. The summed E-state index contributed by atoms with van der Waals surface area (Å²) in [7, 11) is 0. The van der Waals surface area contributed by atoms with E-state index in [9.17, 15) is 0 Å². The molecule has 3 nitrogen and oxygen atoms in total. The molecule has 106 valence electrons. The van der Waals surface area contributed by atoms with Crippen LogP contribution in [0.3, 0.4) is 0 Å². The van der Waals surface area contributed by atoms with Crippen LogP contribution in [-0.2, 0) is 0 Å². The summed E-state index contributed by atoms with van der Waals surface area (Å²) >= 11 is 0. The molecular weight excluding hydrogens is 234 g/mol. The fourth-order valence-corrected chi connectivity index (χ4v) is 3.57. The Morgan fingerprint density at radius 2 is 1.95 bits per heavy atom. The van der Waals surface area contributed by atoms with Crippen molar-refractivity contribution < 1.29 is 0 Å². The van der Waals surface area contributed by atoms with Gasteiger partial charge in [-0.25, -0.2) is 0 Å². The summed E-state index contributed by atoms with van der Waals surface area (Å²) in [5.41, 5.74) is 1.11. The highest BCUT2D eigenvalue weighted by Crippen LogP contribution is 2.39. The Balaban J connectivity index is 2.12. The molecule has 1 aliphatic rings. The van der Waals surface area contributed by atoms with E-state index in [2.05, 4.69) is 36.1 Å². The van der Waals surface area contributed by atoms with Crippen LogP contribution in [0.2, 0.25) is 0 Å². The van der Waals surface area contributed by atoms with Gasteiger partial charge in [0.05, 0.1) is 11.7 Å². The molecule has 0 radical (unpaired) electrons. The smallest absolute Gasteiger partial charge is 0.0758 e. The van der Waals surface area contributed by atoms with Crippen molar-refractivity contribution in [3.05, 3.63) is 24.3 Å². The molecule has 1 fully saturated rings. The van der Waals surface area contributed by atoms with Gasteiger partial charge in [-0.3, -0.25) is 9.97 Å². The molecule has 0 amide bonds. The first-order valence-electron chi connectivity index (χ1n) is 7.70. The zero-order valence-corrected chi connectivity index (χ0v) is 12.5. The van der Waals surface area contributed by atoms with E-state index < -0.39 is 0 Å². The van der Waals surface area contributed by atoms with Crippen molar-refractivity contribution in [3.63, 3.8) is 0 Å². The predicted octanol–water partition coefficient (Wildman–Crippen LogP) is 3.59. The zero-order chi connectivity index (χ0) is 13.7. The van der Waals surface area contributed by atoms with Gasteiger partial charge >= 0.3 is 0 Å². The molecule has 0 spiro atoms. The lowest BCUT2D eigenvalue weighted by Gasteiger charge is -2.36. The summed E-state index contributed by atoms with van der Waals surface area (Å²) in [5, 5.41) is 3.69. The van der Waals surface area contributed by atoms with Gasteiger partial charge in [0.25, 0.3) is 0 Å². The Kier molecular flexibility index (Phi) is 5.32. The van der Waals surface area contributed by atoms with Gasteiger partial charge in [0.15, 0.2) is 0 Å². The minimum absolute atomic E-state index is 0.374. The van der Waals surface area contributed by atoms with Crippen molar-refractivity contribution in [2.24, 2.45) is 17.8 Å². The third-order valence-corrected chi connectivity index (χ3v) is 4.20. The third-order valence-electron chi connectivity index (χ3n) is 4.20. The number of nitrogens with one attached hydrogen (secondary N) is 1. The largest absolute Gasteiger partial charge is 0.308 e. The van der Waals surface area contributed by atoms with Gasteiger partial charge < -0.3 is 5.32 Å². The summed E-state index contributed by atoms with van der Waals surface area (Å²) in [6.45, 7) is 8.04. The monoisotopic (exact) mass is 261 g/mol. The average Bonchev–Trinajstić information content (AvgIpc) is 2.39. The van der Waals surface area contributed by atoms with Crippen LogP contribution in [0.4, 0.5) is 0 Å². The Labute approximate surface area is 117 Å². The molecule has 2 rings (SSSR count). The normalized spacial score (nSPS) is 29.1. The molecule has 0 aromatic carbocycles. The molecule has 3 unspecified atom stereocenters. The summed E-state index contributed by atoms with van der Waals surface area (Å²) in [6.07, 6.45) is 10.6. The van der Waals surface area contributed by atoms with Crippen molar-refractivity contribution in [3.8, 4) is 0 Å². The quantitative estimate of drug-likeness (QED) is 0.880. The van der Waals surface area contributed by atoms with Crippen LogP contribution in [0.5, 0.6) is 0 Å². The van der Waals surface area contributed by atoms with Crippen molar-refractivity contribution in [1.82, 2.24) is 15.3 Å². The van der Waals surface area contributed by atoms with E-state index in [1.54, 1.807) is 6.20 Å². The van der Waals surface area contributed by atoms with Crippen LogP contribution in [0.15, 0.2) is 18.6 Å². The van der Waals surface area contributed by atoms with E-state index in [1.165, 1.54) is 19.3 Å². The molecule has 3 atom stereocenters. The zero-order valence-electron chi connectivity index (χ0n) is 12.5. The summed E-state index contributed by atoms with van der Waals surface area (Å²) in [5.74, 6) is 2.36. The Morgan fingerprint density at radius 3 is 2.53 bits per heavy atom. The number of hydrogen-bond acceptors (Lipinski definition) is 3. The van der Waals surface area contributed by atoms with Gasteiger partial charge in [-0.05, 0) is 50.0 Å². The highest BCUT2D eigenvalue weighted by atomic mass is 15.0. The fourth-order valence-electron chi connectivity index (χ4n) is 3.57. The number of aromatic nitrogens is 2. The first-order chi connectivity index (χ1) is 9.20. The Bertz CT molecular complexity index is 356. The van der Waals surface area contributed by atoms with Crippen molar-refractivity contribution >= 4 is 0 Å². The van der Waals surface area contributed by atoms with Gasteiger partial charge in [0.1, 0.15) is 0 Å². The Morgan fingerprint density at radius 1 is 1.21 bits per heavy atom. The van der Waals surface area contributed by atoms with Crippen LogP contribution in [-0.4, -0.2) is 16.5 Å². The molecule has 1 heterocycles. The maximum atomic E-state index is 4.53. The maximum absolute atomic E-state index is 4.53. The summed E-state index contributed by atoms with van der Waals surface area (Å²) < 4.78 is 0. The minimum Gasteiger partial charge on any atom is -0.308 e. The van der Waals surface area contributed by atoms with E-state index in [-0.39, 0.29) is 0 Å². The molecule has 1 aliphatic carbocycles. The highest BCUT2D eigenvalue weighted by molar-refractivity contribution is 5.05. The van der Waals surface area contributed by atoms with Crippen LogP contribution in [0.1, 0.15) is 58.2 Å². The molecular formula is C16H27N3. The van der Waals surface area contributed by atoms with Crippen LogP contribution >= 0.6 is 0 Å². The lowest BCUT2D eigenvalue weighted by molar-refractivity contribution is 0.174. The highest BCUT2D eigenvalue weighted by Gasteiger charge is 2.31. The second-order valence-corrected chi connectivity index (χ2v) is 6.24. The van der Waals surface area contributed by atoms with Crippen molar-refractivity contribution in [2.45, 2.75) is 52.5 Å². The van der Waals surface area contributed by atoms with E-state index in [0.29, 0.717) is 12.0 Å². The summed E-state index contributed by atoms with van der Waals surface area (Å²) in [4.78, 5) is 8.78. The van der Waals surface area contributed by atoms with Gasteiger partial charge in [0, 0.05) is 18.6 Å². The third kappa shape index (κ3) is 4.00. The van der Waals surface area contributed by atoms with E-state index in [0.717, 1.165) is 30.5 Å². The van der Waals surface area contributed by atoms with Gasteiger partial charge in [0.2, 0.25) is 0 Å². The van der Waals surface area contributed by atoms with Crippen molar-refractivity contribution in [2.75, 3.05) is 6.54 Å².